The van der Waals surface area contributed by atoms with Crippen LogP contribution in [0.25, 0.3) is 22.6 Å². The van der Waals surface area contributed by atoms with Gasteiger partial charge in [-0.2, -0.15) is 0 Å². The number of hydrogen-bond acceptors (Lipinski definition) is 5. The van der Waals surface area contributed by atoms with E-state index in [1.165, 1.54) is 6.42 Å². The number of aromatic nitrogens is 1. The van der Waals surface area contributed by atoms with Crippen LogP contribution in [-0.4, -0.2) is 49.2 Å². The molecule has 152 valence electrons. The molecule has 3 aromatic rings. The maximum absolute atomic E-state index is 12.8. The third-order valence-corrected chi connectivity index (χ3v) is 5.36. The van der Waals surface area contributed by atoms with Crippen LogP contribution in [0.15, 0.2) is 46.9 Å². The maximum Gasteiger partial charge on any atom is 0.253 e. The molecule has 0 radical (unpaired) electrons. The van der Waals surface area contributed by atoms with Gasteiger partial charge in [0.2, 0.25) is 5.89 Å². The minimum atomic E-state index is -0.0259. The molecule has 1 aromatic heterocycles. The van der Waals surface area contributed by atoms with Crippen molar-refractivity contribution in [1.29, 1.82) is 0 Å². The molecule has 0 aliphatic carbocycles. The molecule has 1 atom stereocenters. The van der Waals surface area contributed by atoms with Gasteiger partial charge in [-0.05, 0) is 62.1 Å². The molecule has 4 rings (SSSR count). The van der Waals surface area contributed by atoms with Gasteiger partial charge in [0.1, 0.15) is 11.3 Å². The molecule has 0 N–H and O–H groups in total. The van der Waals surface area contributed by atoms with Crippen molar-refractivity contribution in [1.82, 2.24) is 9.88 Å². The van der Waals surface area contributed by atoms with Crippen LogP contribution in [0.4, 0.5) is 0 Å². The summed E-state index contributed by atoms with van der Waals surface area (Å²) in [6.45, 7) is 1.51. The fourth-order valence-electron chi connectivity index (χ4n) is 3.63. The number of carbonyl (C=O) groups excluding carboxylic acids is 1. The highest BCUT2D eigenvalue weighted by atomic mass is 16.5. The molecule has 0 bridgehead atoms. The zero-order valence-electron chi connectivity index (χ0n) is 16.9. The third kappa shape index (κ3) is 4.43. The molecule has 2 heterocycles. The van der Waals surface area contributed by atoms with Gasteiger partial charge in [-0.3, -0.25) is 4.79 Å². The molecular formula is C23H26N2O4. The highest BCUT2D eigenvalue weighted by molar-refractivity contribution is 5.97. The highest BCUT2D eigenvalue weighted by Crippen LogP contribution is 2.27. The summed E-state index contributed by atoms with van der Waals surface area (Å²) in [7, 11) is 3.46. The van der Waals surface area contributed by atoms with Crippen molar-refractivity contribution >= 4 is 17.0 Å². The van der Waals surface area contributed by atoms with Gasteiger partial charge in [0.05, 0.1) is 13.2 Å². The van der Waals surface area contributed by atoms with Crippen LogP contribution in [0.3, 0.4) is 0 Å². The zero-order chi connectivity index (χ0) is 20.2. The van der Waals surface area contributed by atoms with E-state index in [9.17, 15) is 4.79 Å². The smallest absolute Gasteiger partial charge is 0.253 e. The topological polar surface area (TPSA) is 64.8 Å². The summed E-state index contributed by atoms with van der Waals surface area (Å²) in [6, 6.07) is 12.9. The lowest BCUT2D eigenvalue weighted by atomic mass is 10.1. The van der Waals surface area contributed by atoms with E-state index < -0.39 is 0 Å². The number of hydrogen-bond donors (Lipinski definition) is 0. The van der Waals surface area contributed by atoms with E-state index >= 15 is 0 Å². The Balaban J connectivity index is 1.48. The number of ether oxygens (including phenoxy) is 2. The average molecular weight is 394 g/mol. The van der Waals surface area contributed by atoms with E-state index in [4.69, 9.17) is 13.9 Å². The predicted molar refractivity (Wildman–Crippen MR) is 111 cm³/mol. The fraction of sp³-hybridized carbons (Fsp3) is 0.391. The van der Waals surface area contributed by atoms with Gasteiger partial charge in [0.25, 0.3) is 5.91 Å². The molecule has 1 aliphatic heterocycles. The molecule has 1 aliphatic rings. The van der Waals surface area contributed by atoms with Gasteiger partial charge in [0.15, 0.2) is 5.58 Å². The Bertz CT molecular complexity index is 991. The predicted octanol–water partition coefficient (Wildman–Crippen LogP) is 4.53. The Morgan fingerprint density at radius 2 is 2.14 bits per heavy atom. The van der Waals surface area contributed by atoms with Gasteiger partial charge in [-0.1, -0.05) is 6.07 Å². The van der Waals surface area contributed by atoms with Crippen LogP contribution in [0.2, 0.25) is 0 Å². The SMILES string of the molecule is COc1cccc(-c2nc3ccc(C(=O)N(C)CC[C@H]4CCCCO4)cc3o2)c1. The average Bonchev–Trinajstić information content (AvgIpc) is 3.21. The van der Waals surface area contributed by atoms with Gasteiger partial charge in [-0.25, -0.2) is 4.98 Å². The summed E-state index contributed by atoms with van der Waals surface area (Å²) in [4.78, 5) is 19.1. The minimum absolute atomic E-state index is 0.0259. The van der Waals surface area contributed by atoms with Gasteiger partial charge in [-0.15, -0.1) is 0 Å². The first kappa shape index (κ1) is 19.5. The molecule has 0 spiro atoms. The van der Waals surface area contributed by atoms with Crippen LogP contribution in [-0.2, 0) is 4.74 Å². The number of fused-ring (bicyclic) bond motifs is 1. The monoisotopic (exact) mass is 394 g/mol. The van der Waals surface area contributed by atoms with Crippen LogP contribution < -0.4 is 4.74 Å². The molecule has 1 amide bonds. The second kappa shape index (κ2) is 8.66. The quantitative estimate of drug-likeness (QED) is 0.614. The summed E-state index contributed by atoms with van der Waals surface area (Å²) in [5.74, 6) is 1.22. The maximum atomic E-state index is 12.8. The van der Waals surface area contributed by atoms with Gasteiger partial charge in [0, 0.05) is 31.3 Å². The molecule has 1 saturated heterocycles. The van der Waals surface area contributed by atoms with Crippen molar-refractivity contribution in [2.75, 3.05) is 27.3 Å². The molecule has 29 heavy (non-hydrogen) atoms. The standard InChI is InChI=1S/C23H26N2O4/c1-25(12-11-18-7-3-4-13-28-18)23(26)17-9-10-20-21(15-17)29-22(24-20)16-6-5-8-19(14-16)27-2/h5-6,8-10,14-15,18H,3-4,7,11-13H2,1-2H3/t18-/m1/s1. The first-order valence-corrected chi connectivity index (χ1v) is 10.1. The summed E-state index contributed by atoms with van der Waals surface area (Å²) in [6.07, 6.45) is 4.56. The van der Waals surface area contributed by atoms with E-state index in [1.807, 2.05) is 37.4 Å². The Labute approximate surface area is 170 Å². The summed E-state index contributed by atoms with van der Waals surface area (Å²) < 4.78 is 16.9. The third-order valence-electron chi connectivity index (χ3n) is 5.36. The lowest BCUT2D eigenvalue weighted by Gasteiger charge is -2.25. The molecule has 0 saturated carbocycles. The second-order valence-corrected chi connectivity index (χ2v) is 7.44. The summed E-state index contributed by atoms with van der Waals surface area (Å²) >= 11 is 0. The van der Waals surface area contributed by atoms with E-state index in [2.05, 4.69) is 4.98 Å². The Morgan fingerprint density at radius 3 is 2.93 bits per heavy atom. The normalized spacial score (nSPS) is 16.7. The van der Waals surface area contributed by atoms with E-state index in [-0.39, 0.29) is 12.0 Å². The minimum Gasteiger partial charge on any atom is -0.497 e. The van der Waals surface area contributed by atoms with Crippen molar-refractivity contribution in [2.45, 2.75) is 31.8 Å². The van der Waals surface area contributed by atoms with Crippen molar-refractivity contribution < 1.29 is 18.7 Å². The van der Waals surface area contributed by atoms with E-state index in [0.717, 1.165) is 42.7 Å². The first-order chi connectivity index (χ1) is 14.1. The second-order valence-electron chi connectivity index (χ2n) is 7.44. The van der Waals surface area contributed by atoms with Crippen LogP contribution in [0, 0.1) is 0 Å². The zero-order valence-corrected chi connectivity index (χ0v) is 16.9. The highest BCUT2D eigenvalue weighted by Gasteiger charge is 2.18. The number of carbonyl (C=O) groups is 1. The largest absolute Gasteiger partial charge is 0.497 e. The number of methoxy groups -OCH3 is 1. The number of rotatable bonds is 6. The van der Waals surface area contributed by atoms with Crippen molar-refractivity contribution in [2.24, 2.45) is 0 Å². The summed E-state index contributed by atoms with van der Waals surface area (Å²) in [5.41, 5.74) is 2.74. The molecule has 0 unspecified atom stereocenters. The Morgan fingerprint density at radius 1 is 1.24 bits per heavy atom. The number of nitrogens with zero attached hydrogens (tertiary/aromatic N) is 2. The lowest BCUT2D eigenvalue weighted by Crippen LogP contribution is -2.31. The lowest BCUT2D eigenvalue weighted by molar-refractivity contribution is 0.00709. The number of oxazole rings is 1. The fourth-order valence-corrected chi connectivity index (χ4v) is 3.63. The van der Waals surface area contributed by atoms with Gasteiger partial charge >= 0.3 is 0 Å². The molecule has 2 aromatic carbocycles. The van der Waals surface area contributed by atoms with Crippen molar-refractivity contribution in [3.63, 3.8) is 0 Å². The van der Waals surface area contributed by atoms with Gasteiger partial charge < -0.3 is 18.8 Å². The van der Waals surface area contributed by atoms with Crippen molar-refractivity contribution in [3.05, 3.63) is 48.0 Å². The van der Waals surface area contributed by atoms with Crippen LogP contribution in [0.1, 0.15) is 36.0 Å². The summed E-state index contributed by atoms with van der Waals surface area (Å²) in [5, 5.41) is 0. The Hall–Kier alpha value is -2.86. The molecule has 6 nitrogen and oxygen atoms in total. The van der Waals surface area contributed by atoms with E-state index in [1.54, 1.807) is 24.1 Å². The van der Waals surface area contributed by atoms with Crippen molar-refractivity contribution in [3.8, 4) is 17.2 Å². The number of benzene rings is 2. The first-order valence-electron chi connectivity index (χ1n) is 10.1. The molecular weight excluding hydrogens is 368 g/mol. The van der Waals surface area contributed by atoms with Crippen LogP contribution >= 0.6 is 0 Å². The van der Waals surface area contributed by atoms with Crippen LogP contribution in [0.5, 0.6) is 5.75 Å². The Kier molecular flexibility index (Phi) is 5.81. The van der Waals surface area contributed by atoms with E-state index in [0.29, 0.717) is 23.6 Å². The number of amides is 1. The molecule has 1 fully saturated rings. The molecule has 6 heteroatoms.